The topological polar surface area (TPSA) is 52.5 Å². The lowest BCUT2D eigenvalue weighted by atomic mass is 9.83. The normalized spacial score (nSPS) is 13.5. The third kappa shape index (κ3) is 4.56. The van der Waals surface area contributed by atoms with Crippen molar-refractivity contribution in [3.8, 4) is 0 Å². The molecule has 0 aliphatic rings. The van der Waals surface area contributed by atoms with Gasteiger partial charge >= 0.3 is 0 Å². The molecule has 108 valence electrons. The highest BCUT2D eigenvalue weighted by Gasteiger charge is 2.24. The minimum absolute atomic E-state index is 0.128. The van der Waals surface area contributed by atoms with Gasteiger partial charge in [0, 0.05) is 25.1 Å². The second-order valence-electron chi connectivity index (χ2n) is 5.07. The maximum atomic E-state index is 13.0. The summed E-state index contributed by atoms with van der Waals surface area (Å²) in [6.45, 7) is 5.21. The molecule has 0 amide bonds. The number of aliphatic hydroxyl groups is 2. The van der Waals surface area contributed by atoms with Crippen molar-refractivity contribution in [1.82, 2.24) is 5.32 Å². The van der Waals surface area contributed by atoms with Crippen molar-refractivity contribution in [2.45, 2.75) is 32.8 Å². The SMILES string of the molecule is CCC(CC)(CO)CNCC(O)c1cccc(F)c1. The van der Waals surface area contributed by atoms with Crippen LogP contribution in [0.3, 0.4) is 0 Å². The van der Waals surface area contributed by atoms with Crippen LogP contribution < -0.4 is 5.32 Å². The molecule has 0 saturated heterocycles. The molecule has 0 aromatic heterocycles. The summed E-state index contributed by atoms with van der Waals surface area (Å²) in [7, 11) is 0. The molecule has 0 spiro atoms. The van der Waals surface area contributed by atoms with Gasteiger partial charge in [0.05, 0.1) is 6.10 Å². The molecule has 1 aromatic rings. The van der Waals surface area contributed by atoms with Crippen LogP contribution in [0.1, 0.15) is 38.4 Å². The van der Waals surface area contributed by atoms with Gasteiger partial charge in [-0.25, -0.2) is 4.39 Å². The summed E-state index contributed by atoms with van der Waals surface area (Å²) < 4.78 is 13.0. The molecule has 0 radical (unpaired) electrons. The highest BCUT2D eigenvalue weighted by Crippen LogP contribution is 2.24. The van der Waals surface area contributed by atoms with Crippen LogP contribution in [-0.4, -0.2) is 29.9 Å². The zero-order valence-corrected chi connectivity index (χ0v) is 11.7. The first kappa shape index (κ1) is 16.1. The van der Waals surface area contributed by atoms with Gasteiger partial charge < -0.3 is 15.5 Å². The van der Waals surface area contributed by atoms with E-state index in [2.05, 4.69) is 5.32 Å². The number of benzene rings is 1. The number of hydrogen-bond donors (Lipinski definition) is 3. The lowest BCUT2D eigenvalue weighted by molar-refractivity contribution is 0.104. The van der Waals surface area contributed by atoms with Crippen LogP contribution in [0.15, 0.2) is 24.3 Å². The Hall–Kier alpha value is -0.970. The number of aliphatic hydroxyl groups excluding tert-OH is 2. The number of hydrogen-bond acceptors (Lipinski definition) is 3. The van der Waals surface area contributed by atoms with Crippen molar-refractivity contribution < 1.29 is 14.6 Å². The Morgan fingerprint density at radius 2 is 2.00 bits per heavy atom. The number of halogens is 1. The van der Waals surface area contributed by atoms with Crippen molar-refractivity contribution in [3.63, 3.8) is 0 Å². The van der Waals surface area contributed by atoms with Crippen molar-refractivity contribution >= 4 is 0 Å². The Bertz CT molecular complexity index is 372. The third-order valence-electron chi connectivity index (χ3n) is 3.91. The minimum atomic E-state index is -0.735. The minimum Gasteiger partial charge on any atom is -0.396 e. The van der Waals surface area contributed by atoms with Crippen LogP contribution >= 0.6 is 0 Å². The summed E-state index contributed by atoms with van der Waals surface area (Å²) >= 11 is 0. The summed E-state index contributed by atoms with van der Waals surface area (Å²) in [4.78, 5) is 0. The highest BCUT2D eigenvalue weighted by molar-refractivity contribution is 5.18. The van der Waals surface area contributed by atoms with Crippen molar-refractivity contribution in [3.05, 3.63) is 35.6 Å². The van der Waals surface area contributed by atoms with E-state index in [4.69, 9.17) is 0 Å². The van der Waals surface area contributed by atoms with E-state index < -0.39 is 6.10 Å². The molecule has 0 aliphatic carbocycles. The van der Waals surface area contributed by atoms with Gasteiger partial charge in [0.25, 0.3) is 0 Å². The maximum absolute atomic E-state index is 13.0. The Morgan fingerprint density at radius 1 is 1.32 bits per heavy atom. The first-order valence-corrected chi connectivity index (χ1v) is 6.82. The van der Waals surface area contributed by atoms with Gasteiger partial charge in [0.2, 0.25) is 0 Å². The number of rotatable bonds is 8. The first-order chi connectivity index (χ1) is 9.06. The van der Waals surface area contributed by atoms with Gasteiger partial charge in [-0.15, -0.1) is 0 Å². The largest absolute Gasteiger partial charge is 0.396 e. The average molecular weight is 269 g/mol. The van der Waals surface area contributed by atoms with Crippen LogP contribution in [0.5, 0.6) is 0 Å². The molecule has 0 fully saturated rings. The van der Waals surface area contributed by atoms with E-state index in [1.54, 1.807) is 12.1 Å². The fourth-order valence-electron chi connectivity index (χ4n) is 2.09. The lowest BCUT2D eigenvalue weighted by Gasteiger charge is -2.30. The summed E-state index contributed by atoms with van der Waals surface area (Å²) in [6, 6.07) is 5.98. The molecule has 1 aromatic carbocycles. The van der Waals surface area contributed by atoms with Gasteiger partial charge in [-0.1, -0.05) is 26.0 Å². The second-order valence-corrected chi connectivity index (χ2v) is 5.07. The van der Waals surface area contributed by atoms with Gasteiger partial charge in [0.15, 0.2) is 0 Å². The summed E-state index contributed by atoms with van der Waals surface area (Å²) in [5.41, 5.74) is 0.428. The van der Waals surface area contributed by atoms with Gasteiger partial charge in [-0.05, 0) is 30.5 Å². The van der Waals surface area contributed by atoms with E-state index in [-0.39, 0.29) is 17.8 Å². The van der Waals surface area contributed by atoms with E-state index in [1.807, 2.05) is 13.8 Å². The molecule has 1 rings (SSSR count). The first-order valence-electron chi connectivity index (χ1n) is 6.82. The average Bonchev–Trinajstić information content (AvgIpc) is 2.44. The maximum Gasteiger partial charge on any atom is 0.123 e. The Balaban J connectivity index is 2.48. The summed E-state index contributed by atoms with van der Waals surface area (Å²) in [5, 5.41) is 22.6. The zero-order valence-electron chi connectivity index (χ0n) is 11.7. The van der Waals surface area contributed by atoms with Crippen LogP contribution in [0, 0.1) is 11.2 Å². The molecule has 0 saturated carbocycles. The van der Waals surface area contributed by atoms with Gasteiger partial charge in [0.1, 0.15) is 5.82 Å². The number of nitrogens with one attached hydrogen (secondary N) is 1. The molecular formula is C15H24FNO2. The molecule has 0 aliphatic heterocycles. The summed E-state index contributed by atoms with van der Waals surface area (Å²) in [6.07, 6.45) is 1.02. The van der Waals surface area contributed by atoms with Crippen molar-refractivity contribution in [1.29, 1.82) is 0 Å². The van der Waals surface area contributed by atoms with Crippen molar-refractivity contribution in [2.75, 3.05) is 19.7 Å². The third-order valence-corrected chi connectivity index (χ3v) is 3.91. The Morgan fingerprint density at radius 3 is 2.53 bits per heavy atom. The smallest absolute Gasteiger partial charge is 0.123 e. The highest BCUT2D eigenvalue weighted by atomic mass is 19.1. The molecule has 19 heavy (non-hydrogen) atoms. The summed E-state index contributed by atoms with van der Waals surface area (Å²) in [5.74, 6) is -0.344. The van der Waals surface area contributed by atoms with E-state index in [1.165, 1.54) is 12.1 Å². The quantitative estimate of drug-likeness (QED) is 0.678. The Kier molecular flexibility index (Phi) is 6.42. The molecule has 1 atom stereocenters. The van der Waals surface area contributed by atoms with Gasteiger partial charge in [-0.3, -0.25) is 0 Å². The Labute approximate surface area is 114 Å². The standard InChI is InChI=1S/C15H24FNO2/c1-3-15(4-2,11-18)10-17-9-14(19)12-6-5-7-13(16)8-12/h5-8,14,17-19H,3-4,9-11H2,1-2H3. The van der Waals surface area contributed by atoms with E-state index >= 15 is 0 Å². The van der Waals surface area contributed by atoms with Crippen molar-refractivity contribution in [2.24, 2.45) is 5.41 Å². The molecule has 1 unspecified atom stereocenters. The van der Waals surface area contributed by atoms with Crippen LogP contribution in [0.2, 0.25) is 0 Å². The molecular weight excluding hydrogens is 245 g/mol. The van der Waals surface area contributed by atoms with Gasteiger partial charge in [-0.2, -0.15) is 0 Å². The molecule has 3 N–H and O–H groups in total. The molecule has 3 nitrogen and oxygen atoms in total. The predicted molar refractivity (Wildman–Crippen MR) is 74.3 cm³/mol. The van der Waals surface area contributed by atoms with Crippen LogP contribution in [0.25, 0.3) is 0 Å². The molecule has 0 bridgehead atoms. The zero-order chi connectivity index (χ0) is 14.3. The monoisotopic (exact) mass is 269 g/mol. The fraction of sp³-hybridized carbons (Fsp3) is 0.600. The van der Waals surface area contributed by atoms with E-state index in [0.717, 1.165) is 12.8 Å². The molecule has 4 heteroatoms. The predicted octanol–water partition coefficient (Wildman–Crippen LogP) is 2.25. The second kappa shape index (κ2) is 7.58. The molecule has 0 heterocycles. The fourth-order valence-corrected chi connectivity index (χ4v) is 2.09. The van der Waals surface area contributed by atoms with E-state index in [0.29, 0.717) is 18.7 Å². The van der Waals surface area contributed by atoms with Crippen LogP contribution in [0.4, 0.5) is 4.39 Å². The van der Waals surface area contributed by atoms with Crippen LogP contribution in [-0.2, 0) is 0 Å². The lowest BCUT2D eigenvalue weighted by Crippen LogP contribution is -2.38. The van der Waals surface area contributed by atoms with E-state index in [9.17, 15) is 14.6 Å².